The summed E-state index contributed by atoms with van der Waals surface area (Å²) in [7, 11) is 0. The molecule has 23 heavy (non-hydrogen) atoms. The molecule has 2 aliphatic rings. The summed E-state index contributed by atoms with van der Waals surface area (Å²) in [4.78, 5) is 12.0. The van der Waals surface area contributed by atoms with Gasteiger partial charge in [-0.2, -0.15) is 0 Å². The molecule has 2 saturated carbocycles. The lowest BCUT2D eigenvalue weighted by atomic mass is 9.85. The number of hydrogen-bond donors (Lipinski definition) is 3. The molecule has 4 N–H and O–H groups in total. The van der Waals surface area contributed by atoms with Crippen molar-refractivity contribution in [2.24, 2.45) is 17.6 Å². The number of benzene rings is 1. The van der Waals surface area contributed by atoms with Crippen molar-refractivity contribution in [3.8, 4) is 0 Å². The summed E-state index contributed by atoms with van der Waals surface area (Å²) in [5.74, 6) is 1.69. The van der Waals surface area contributed by atoms with Crippen LogP contribution < -0.4 is 16.4 Å². The SMILES string of the molecule is NC(CCNC(=O)NC1CC2CCC(C2)C1)Cc1ccccc1. The highest BCUT2D eigenvalue weighted by Crippen LogP contribution is 2.41. The quantitative estimate of drug-likeness (QED) is 0.755. The highest BCUT2D eigenvalue weighted by molar-refractivity contribution is 5.74. The Hall–Kier alpha value is -1.55. The standard InChI is InChI=1S/C19H29N3O/c20-17(11-14-4-2-1-3-5-14)8-9-21-19(23)22-18-12-15-6-7-16(10-15)13-18/h1-5,15-18H,6-13,20H2,(H2,21,22,23). The van der Waals surface area contributed by atoms with E-state index in [1.807, 2.05) is 18.2 Å². The van der Waals surface area contributed by atoms with Crippen molar-refractivity contribution >= 4 is 6.03 Å². The van der Waals surface area contributed by atoms with Crippen LogP contribution in [0.2, 0.25) is 0 Å². The van der Waals surface area contributed by atoms with E-state index in [0.29, 0.717) is 12.6 Å². The molecule has 4 heteroatoms. The van der Waals surface area contributed by atoms with Crippen LogP contribution in [0.4, 0.5) is 4.79 Å². The number of nitrogens with two attached hydrogens (primary N) is 1. The Kier molecular flexibility index (Phi) is 5.55. The van der Waals surface area contributed by atoms with Crippen molar-refractivity contribution < 1.29 is 4.79 Å². The van der Waals surface area contributed by atoms with Crippen molar-refractivity contribution in [1.29, 1.82) is 0 Å². The van der Waals surface area contributed by atoms with Crippen molar-refractivity contribution in [1.82, 2.24) is 10.6 Å². The summed E-state index contributed by atoms with van der Waals surface area (Å²) in [5.41, 5.74) is 7.40. The van der Waals surface area contributed by atoms with Gasteiger partial charge in [-0.05, 0) is 49.5 Å². The molecule has 2 aliphatic carbocycles. The molecule has 0 aliphatic heterocycles. The van der Waals surface area contributed by atoms with Gasteiger partial charge in [0.2, 0.25) is 0 Å². The van der Waals surface area contributed by atoms with Crippen LogP contribution in [-0.2, 0) is 6.42 Å². The maximum Gasteiger partial charge on any atom is 0.315 e. The first-order valence-electron chi connectivity index (χ1n) is 9.03. The van der Waals surface area contributed by atoms with E-state index in [1.54, 1.807) is 0 Å². The van der Waals surface area contributed by atoms with Gasteiger partial charge in [0.15, 0.2) is 0 Å². The molecule has 126 valence electrons. The van der Waals surface area contributed by atoms with Crippen molar-refractivity contribution in [3.05, 3.63) is 35.9 Å². The van der Waals surface area contributed by atoms with Crippen LogP contribution in [-0.4, -0.2) is 24.7 Å². The van der Waals surface area contributed by atoms with Crippen LogP contribution in [0.1, 0.15) is 44.1 Å². The molecule has 4 nitrogen and oxygen atoms in total. The Morgan fingerprint density at radius 2 is 1.83 bits per heavy atom. The van der Waals surface area contributed by atoms with E-state index in [9.17, 15) is 4.79 Å². The summed E-state index contributed by atoms with van der Waals surface area (Å²) in [6.07, 6.45) is 8.09. The molecule has 1 aromatic rings. The van der Waals surface area contributed by atoms with Gasteiger partial charge in [0, 0.05) is 18.6 Å². The van der Waals surface area contributed by atoms with E-state index in [4.69, 9.17) is 5.73 Å². The van der Waals surface area contributed by atoms with E-state index < -0.39 is 0 Å². The second kappa shape index (κ2) is 7.82. The van der Waals surface area contributed by atoms with Crippen molar-refractivity contribution in [2.45, 2.75) is 57.0 Å². The molecule has 0 spiro atoms. The fourth-order valence-electron chi connectivity index (χ4n) is 4.25. The molecule has 3 unspecified atom stereocenters. The fourth-order valence-corrected chi connectivity index (χ4v) is 4.25. The summed E-state index contributed by atoms with van der Waals surface area (Å²) >= 11 is 0. The van der Waals surface area contributed by atoms with Gasteiger partial charge in [0.1, 0.15) is 0 Å². The van der Waals surface area contributed by atoms with Gasteiger partial charge in [0.05, 0.1) is 0 Å². The molecule has 2 fully saturated rings. The Labute approximate surface area is 139 Å². The Balaban J connectivity index is 1.31. The van der Waals surface area contributed by atoms with Crippen LogP contribution in [0.15, 0.2) is 30.3 Å². The second-order valence-electron chi connectivity index (χ2n) is 7.35. The Bertz CT molecular complexity index is 493. The average Bonchev–Trinajstić information content (AvgIpc) is 2.87. The molecule has 0 aromatic heterocycles. The average molecular weight is 315 g/mol. The first-order chi connectivity index (χ1) is 11.2. The number of fused-ring (bicyclic) bond motifs is 2. The van der Waals surface area contributed by atoms with E-state index in [2.05, 4.69) is 22.8 Å². The zero-order valence-electron chi connectivity index (χ0n) is 13.8. The number of rotatable bonds is 6. The highest BCUT2D eigenvalue weighted by atomic mass is 16.2. The van der Waals surface area contributed by atoms with Crippen LogP contribution in [0.25, 0.3) is 0 Å². The predicted octanol–water partition coefficient (Wildman–Crippen LogP) is 2.82. The van der Waals surface area contributed by atoms with Crippen LogP contribution in [0, 0.1) is 11.8 Å². The normalized spacial score (nSPS) is 27.4. The predicted molar refractivity (Wildman–Crippen MR) is 93.1 cm³/mol. The Morgan fingerprint density at radius 3 is 2.52 bits per heavy atom. The van der Waals surface area contributed by atoms with Gasteiger partial charge < -0.3 is 16.4 Å². The number of urea groups is 1. The highest BCUT2D eigenvalue weighted by Gasteiger charge is 2.34. The molecule has 0 saturated heterocycles. The van der Waals surface area contributed by atoms with E-state index in [0.717, 1.165) is 37.5 Å². The van der Waals surface area contributed by atoms with Crippen LogP contribution in [0.5, 0.6) is 0 Å². The molecule has 2 bridgehead atoms. The number of nitrogens with one attached hydrogen (secondary N) is 2. The molecule has 2 amide bonds. The lowest BCUT2D eigenvalue weighted by Crippen LogP contribution is -2.45. The van der Waals surface area contributed by atoms with Gasteiger partial charge in [-0.15, -0.1) is 0 Å². The number of carbonyl (C=O) groups excluding carboxylic acids is 1. The van der Waals surface area contributed by atoms with E-state index in [-0.39, 0.29) is 12.1 Å². The summed E-state index contributed by atoms with van der Waals surface area (Å²) in [5, 5.41) is 6.12. The summed E-state index contributed by atoms with van der Waals surface area (Å²) in [6, 6.07) is 10.7. The number of carbonyl (C=O) groups is 1. The van der Waals surface area contributed by atoms with Gasteiger partial charge in [-0.25, -0.2) is 4.79 Å². The zero-order chi connectivity index (χ0) is 16.1. The number of amides is 2. The maximum atomic E-state index is 12.0. The van der Waals surface area contributed by atoms with E-state index in [1.165, 1.54) is 24.8 Å². The molecule has 3 rings (SSSR count). The van der Waals surface area contributed by atoms with Gasteiger partial charge in [0.25, 0.3) is 0 Å². The molecule has 1 aromatic carbocycles. The topological polar surface area (TPSA) is 67.1 Å². The monoisotopic (exact) mass is 315 g/mol. The molecular formula is C19H29N3O. The summed E-state index contributed by atoms with van der Waals surface area (Å²) in [6.45, 7) is 0.638. The van der Waals surface area contributed by atoms with Gasteiger partial charge in [-0.1, -0.05) is 43.2 Å². The molecule has 0 heterocycles. The van der Waals surface area contributed by atoms with E-state index >= 15 is 0 Å². The third kappa shape index (κ3) is 4.96. The van der Waals surface area contributed by atoms with Crippen LogP contribution in [0.3, 0.4) is 0 Å². The third-order valence-electron chi connectivity index (χ3n) is 5.36. The lowest BCUT2D eigenvalue weighted by molar-refractivity contribution is 0.224. The smallest absolute Gasteiger partial charge is 0.315 e. The van der Waals surface area contributed by atoms with Crippen molar-refractivity contribution in [3.63, 3.8) is 0 Å². The number of hydrogen-bond acceptors (Lipinski definition) is 2. The minimum atomic E-state index is -0.0248. The first-order valence-corrected chi connectivity index (χ1v) is 9.03. The molecule has 3 atom stereocenters. The van der Waals surface area contributed by atoms with Crippen molar-refractivity contribution in [2.75, 3.05) is 6.54 Å². The molecular weight excluding hydrogens is 286 g/mol. The van der Waals surface area contributed by atoms with Gasteiger partial charge >= 0.3 is 6.03 Å². The second-order valence-corrected chi connectivity index (χ2v) is 7.35. The largest absolute Gasteiger partial charge is 0.338 e. The third-order valence-corrected chi connectivity index (χ3v) is 5.36. The molecule has 0 radical (unpaired) electrons. The zero-order valence-corrected chi connectivity index (χ0v) is 13.8. The maximum absolute atomic E-state index is 12.0. The summed E-state index contributed by atoms with van der Waals surface area (Å²) < 4.78 is 0. The lowest BCUT2D eigenvalue weighted by Gasteiger charge is -2.28. The minimum Gasteiger partial charge on any atom is -0.338 e. The Morgan fingerprint density at radius 1 is 1.13 bits per heavy atom. The van der Waals surface area contributed by atoms with Gasteiger partial charge in [-0.3, -0.25) is 0 Å². The minimum absolute atomic E-state index is 0.0248. The fraction of sp³-hybridized carbons (Fsp3) is 0.632. The van der Waals surface area contributed by atoms with Crippen LogP contribution >= 0.6 is 0 Å². The first kappa shape index (κ1) is 16.3.